The zero-order valence-electron chi connectivity index (χ0n) is 14.1. The molecule has 2 fully saturated rings. The van der Waals surface area contributed by atoms with Gasteiger partial charge in [-0.15, -0.1) is 0 Å². The third kappa shape index (κ3) is 3.09. The molecule has 0 spiro atoms. The van der Waals surface area contributed by atoms with Crippen molar-refractivity contribution in [3.63, 3.8) is 0 Å². The zero-order chi connectivity index (χ0) is 17.3. The summed E-state index contributed by atoms with van der Waals surface area (Å²) in [7, 11) is 0. The number of β-amino-alcohol motifs (C(OH)–C–C–N with tert-alkyl or cyclic N) is 1. The van der Waals surface area contributed by atoms with Gasteiger partial charge in [0, 0.05) is 25.8 Å². The van der Waals surface area contributed by atoms with Gasteiger partial charge in [0.15, 0.2) is 0 Å². The lowest BCUT2D eigenvalue weighted by Gasteiger charge is -2.38. The van der Waals surface area contributed by atoms with E-state index >= 15 is 0 Å². The highest BCUT2D eigenvalue weighted by Gasteiger charge is 2.39. The molecule has 2 aromatic rings. The second kappa shape index (κ2) is 6.44. The molecule has 0 aromatic carbocycles. The number of amides is 1. The van der Waals surface area contributed by atoms with Crippen LogP contribution in [-0.4, -0.2) is 62.5 Å². The molecule has 25 heavy (non-hydrogen) atoms. The summed E-state index contributed by atoms with van der Waals surface area (Å²) in [5.74, 6) is 0.814. The van der Waals surface area contributed by atoms with Gasteiger partial charge in [-0.3, -0.25) is 4.79 Å². The van der Waals surface area contributed by atoms with Crippen LogP contribution in [0, 0.1) is 0 Å². The van der Waals surface area contributed by atoms with Crippen LogP contribution in [-0.2, 0) is 5.60 Å². The predicted molar refractivity (Wildman–Crippen MR) is 91.1 cm³/mol. The number of aromatic nitrogens is 4. The van der Waals surface area contributed by atoms with Crippen molar-refractivity contribution in [2.45, 2.75) is 31.3 Å². The molecule has 2 aromatic heterocycles. The third-order valence-electron chi connectivity index (χ3n) is 5.07. The van der Waals surface area contributed by atoms with E-state index < -0.39 is 5.60 Å². The SMILES string of the molecule is O=C(c1ccc(N2CCCC2)nc1)N1CCCC(O)(c2cn[nH]n2)C1. The monoisotopic (exact) mass is 342 g/mol. The van der Waals surface area contributed by atoms with Crippen LogP contribution in [0.3, 0.4) is 0 Å². The molecule has 0 radical (unpaired) electrons. The standard InChI is InChI=1S/C17H22N6O2/c24-16(13-4-5-15(18-10-13)22-7-1-2-8-22)23-9-3-6-17(25,12-23)14-11-19-21-20-14/h4-5,10-11,25H,1-3,6-9,12H2,(H,19,20,21). The summed E-state index contributed by atoms with van der Waals surface area (Å²) in [6, 6.07) is 3.74. The molecule has 0 saturated carbocycles. The molecule has 1 atom stereocenters. The Morgan fingerprint density at radius 3 is 2.68 bits per heavy atom. The molecule has 1 amide bonds. The lowest BCUT2D eigenvalue weighted by molar-refractivity contribution is -0.0320. The molecule has 2 N–H and O–H groups in total. The number of aromatic amines is 1. The minimum atomic E-state index is -1.15. The Morgan fingerprint density at radius 2 is 2.00 bits per heavy atom. The summed E-state index contributed by atoms with van der Waals surface area (Å²) in [5.41, 5.74) is -0.121. The van der Waals surface area contributed by atoms with Gasteiger partial charge in [0.1, 0.15) is 17.1 Å². The van der Waals surface area contributed by atoms with E-state index in [1.54, 1.807) is 11.1 Å². The van der Waals surface area contributed by atoms with E-state index in [4.69, 9.17) is 0 Å². The summed E-state index contributed by atoms with van der Waals surface area (Å²) >= 11 is 0. The van der Waals surface area contributed by atoms with Crippen molar-refractivity contribution >= 4 is 11.7 Å². The van der Waals surface area contributed by atoms with Crippen LogP contribution in [0.25, 0.3) is 0 Å². The Hall–Kier alpha value is -2.48. The van der Waals surface area contributed by atoms with Gasteiger partial charge in [-0.05, 0) is 37.8 Å². The highest BCUT2D eigenvalue weighted by molar-refractivity contribution is 5.94. The van der Waals surface area contributed by atoms with E-state index in [0.717, 1.165) is 18.9 Å². The van der Waals surface area contributed by atoms with Crippen molar-refractivity contribution in [3.8, 4) is 0 Å². The fourth-order valence-corrected chi connectivity index (χ4v) is 3.67. The first-order valence-electron chi connectivity index (χ1n) is 8.75. The van der Waals surface area contributed by atoms with Gasteiger partial charge < -0.3 is 14.9 Å². The number of nitrogens with one attached hydrogen (secondary N) is 1. The quantitative estimate of drug-likeness (QED) is 0.861. The van der Waals surface area contributed by atoms with E-state index in [1.807, 2.05) is 12.1 Å². The van der Waals surface area contributed by atoms with E-state index in [1.165, 1.54) is 19.0 Å². The van der Waals surface area contributed by atoms with Crippen LogP contribution < -0.4 is 4.90 Å². The Balaban J connectivity index is 1.48. The molecule has 2 saturated heterocycles. The fourth-order valence-electron chi connectivity index (χ4n) is 3.67. The molecule has 8 heteroatoms. The lowest BCUT2D eigenvalue weighted by Crippen LogP contribution is -2.48. The number of likely N-dealkylation sites (tertiary alicyclic amines) is 1. The van der Waals surface area contributed by atoms with Gasteiger partial charge in [0.2, 0.25) is 0 Å². The number of anilines is 1. The molecule has 132 valence electrons. The van der Waals surface area contributed by atoms with Crippen LogP contribution in [0.5, 0.6) is 0 Å². The van der Waals surface area contributed by atoms with Gasteiger partial charge in [-0.25, -0.2) is 4.98 Å². The number of nitrogens with zero attached hydrogens (tertiary/aromatic N) is 5. The molecular formula is C17H22N6O2. The molecule has 1 unspecified atom stereocenters. The van der Waals surface area contributed by atoms with Gasteiger partial charge in [0.05, 0.1) is 18.3 Å². The van der Waals surface area contributed by atoms with Gasteiger partial charge in [-0.2, -0.15) is 15.4 Å². The first-order valence-corrected chi connectivity index (χ1v) is 8.75. The molecule has 8 nitrogen and oxygen atoms in total. The Bertz CT molecular complexity index is 726. The van der Waals surface area contributed by atoms with Crippen molar-refractivity contribution in [2.24, 2.45) is 0 Å². The van der Waals surface area contributed by atoms with Crippen molar-refractivity contribution in [1.29, 1.82) is 0 Å². The summed E-state index contributed by atoms with van der Waals surface area (Å²) in [6.45, 7) is 2.88. The Morgan fingerprint density at radius 1 is 1.16 bits per heavy atom. The minimum Gasteiger partial charge on any atom is -0.382 e. The summed E-state index contributed by atoms with van der Waals surface area (Å²) in [4.78, 5) is 21.2. The first kappa shape index (κ1) is 16.0. The second-order valence-corrected chi connectivity index (χ2v) is 6.82. The normalized spacial score (nSPS) is 23.9. The average Bonchev–Trinajstić information content (AvgIpc) is 3.35. The van der Waals surface area contributed by atoms with Crippen LogP contribution in [0.1, 0.15) is 41.7 Å². The Kier molecular flexibility index (Phi) is 4.12. The van der Waals surface area contributed by atoms with Crippen molar-refractivity contribution in [2.75, 3.05) is 31.1 Å². The Labute approximate surface area is 145 Å². The fraction of sp³-hybridized carbons (Fsp3) is 0.529. The average molecular weight is 342 g/mol. The molecule has 0 bridgehead atoms. The third-order valence-corrected chi connectivity index (χ3v) is 5.07. The molecule has 2 aliphatic rings. The molecule has 2 aliphatic heterocycles. The molecule has 4 rings (SSSR count). The maximum Gasteiger partial charge on any atom is 0.255 e. The van der Waals surface area contributed by atoms with Gasteiger partial charge in [-0.1, -0.05) is 0 Å². The van der Waals surface area contributed by atoms with Crippen LogP contribution in [0.2, 0.25) is 0 Å². The maximum atomic E-state index is 12.8. The van der Waals surface area contributed by atoms with Crippen molar-refractivity contribution in [3.05, 3.63) is 35.8 Å². The summed E-state index contributed by atoms with van der Waals surface area (Å²) in [5, 5.41) is 21.1. The van der Waals surface area contributed by atoms with Crippen LogP contribution in [0.4, 0.5) is 5.82 Å². The van der Waals surface area contributed by atoms with E-state index in [9.17, 15) is 9.90 Å². The summed E-state index contributed by atoms with van der Waals surface area (Å²) < 4.78 is 0. The van der Waals surface area contributed by atoms with Gasteiger partial charge in [0.25, 0.3) is 5.91 Å². The van der Waals surface area contributed by atoms with Crippen molar-refractivity contribution in [1.82, 2.24) is 25.3 Å². The van der Waals surface area contributed by atoms with Crippen LogP contribution in [0.15, 0.2) is 24.5 Å². The van der Waals surface area contributed by atoms with E-state index in [2.05, 4.69) is 25.3 Å². The summed E-state index contributed by atoms with van der Waals surface area (Å²) in [6.07, 6.45) is 6.82. The number of carbonyl (C=O) groups is 1. The number of carbonyl (C=O) groups excluding carboxylic acids is 1. The zero-order valence-corrected chi connectivity index (χ0v) is 14.1. The molecular weight excluding hydrogens is 320 g/mol. The number of H-pyrrole nitrogens is 1. The second-order valence-electron chi connectivity index (χ2n) is 6.82. The largest absolute Gasteiger partial charge is 0.382 e. The highest BCUT2D eigenvalue weighted by atomic mass is 16.3. The van der Waals surface area contributed by atoms with E-state index in [-0.39, 0.29) is 12.5 Å². The minimum absolute atomic E-state index is 0.109. The smallest absolute Gasteiger partial charge is 0.255 e. The number of rotatable bonds is 3. The molecule has 4 heterocycles. The topological polar surface area (TPSA) is 98.2 Å². The molecule has 0 aliphatic carbocycles. The van der Waals surface area contributed by atoms with E-state index in [0.29, 0.717) is 30.6 Å². The maximum absolute atomic E-state index is 12.8. The predicted octanol–water partition coefficient (Wildman–Crippen LogP) is 0.924. The van der Waals surface area contributed by atoms with Crippen molar-refractivity contribution < 1.29 is 9.90 Å². The van der Waals surface area contributed by atoms with Gasteiger partial charge >= 0.3 is 0 Å². The first-order chi connectivity index (χ1) is 12.2. The number of piperidine rings is 1. The lowest BCUT2D eigenvalue weighted by atomic mass is 9.90. The highest BCUT2D eigenvalue weighted by Crippen LogP contribution is 2.30. The van der Waals surface area contributed by atoms with Crippen LogP contribution >= 0.6 is 0 Å². The number of hydrogen-bond acceptors (Lipinski definition) is 6. The number of pyridine rings is 1. The number of aliphatic hydroxyl groups is 1. The number of hydrogen-bond donors (Lipinski definition) is 2.